The average molecular weight is 350 g/mol. The third kappa shape index (κ3) is 4.13. The molecule has 0 bridgehead atoms. The molecule has 26 heavy (non-hydrogen) atoms. The largest absolute Gasteiger partial charge is 0.325 e. The van der Waals surface area contributed by atoms with Gasteiger partial charge in [-0.05, 0) is 44.0 Å². The first-order valence-corrected chi connectivity index (χ1v) is 9.47. The maximum Gasteiger partial charge on any atom is 0.260 e. The van der Waals surface area contributed by atoms with Crippen LogP contribution in [-0.4, -0.2) is 18.4 Å². The number of nitrogens with one attached hydrogen (secondary N) is 1. The molecule has 0 heterocycles. The van der Waals surface area contributed by atoms with Crippen molar-refractivity contribution < 1.29 is 9.59 Å². The first kappa shape index (κ1) is 18.2. The maximum absolute atomic E-state index is 13.1. The topological polar surface area (TPSA) is 49.4 Å². The Labute approximate surface area is 155 Å². The molecule has 1 N–H and O–H groups in total. The smallest absolute Gasteiger partial charge is 0.260 e. The summed E-state index contributed by atoms with van der Waals surface area (Å²) in [7, 11) is 0. The Morgan fingerprint density at radius 2 is 1.62 bits per heavy atom. The van der Waals surface area contributed by atoms with E-state index in [-0.39, 0.29) is 17.7 Å². The molecule has 136 valence electrons. The highest BCUT2D eigenvalue weighted by molar-refractivity contribution is 6.11. The van der Waals surface area contributed by atoms with Crippen molar-refractivity contribution in [3.05, 3.63) is 60.2 Å². The molecule has 2 amide bonds. The SMILES string of the molecule is CCN(C(=O)c1ccccc1NC(=O)C1CCCCC1)c1ccccc1. The summed E-state index contributed by atoms with van der Waals surface area (Å²) in [6.07, 6.45) is 5.30. The van der Waals surface area contributed by atoms with Gasteiger partial charge in [-0.15, -0.1) is 0 Å². The van der Waals surface area contributed by atoms with Gasteiger partial charge in [0.2, 0.25) is 5.91 Å². The lowest BCUT2D eigenvalue weighted by molar-refractivity contribution is -0.120. The van der Waals surface area contributed by atoms with Crippen LogP contribution >= 0.6 is 0 Å². The fourth-order valence-electron chi connectivity index (χ4n) is 3.57. The molecule has 2 aromatic carbocycles. The molecular weight excluding hydrogens is 324 g/mol. The van der Waals surface area contributed by atoms with Gasteiger partial charge in [-0.3, -0.25) is 9.59 Å². The minimum Gasteiger partial charge on any atom is -0.325 e. The lowest BCUT2D eigenvalue weighted by atomic mass is 9.88. The summed E-state index contributed by atoms with van der Waals surface area (Å²) in [5, 5.41) is 3.01. The number of rotatable bonds is 5. The number of para-hydroxylation sites is 2. The van der Waals surface area contributed by atoms with Crippen molar-refractivity contribution in [3.63, 3.8) is 0 Å². The molecule has 4 nitrogen and oxygen atoms in total. The molecule has 0 aromatic heterocycles. The van der Waals surface area contributed by atoms with Gasteiger partial charge in [-0.25, -0.2) is 0 Å². The number of nitrogens with zero attached hydrogens (tertiary/aromatic N) is 1. The summed E-state index contributed by atoms with van der Waals surface area (Å²) in [6, 6.07) is 16.9. The third-order valence-corrected chi connectivity index (χ3v) is 5.02. The van der Waals surface area contributed by atoms with Crippen molar-refractivity contribution in [1.29, 1.82) is 0 Å². The van der Waals surface area contributed by atoms with E-state index >= 15 is 0 Å². The van der Waals surface area contributed by atoms with Gasteiger partial charge in [0.25, 0.3) is 5.91 Å². The number of benzene rings is 2. The van der Waals surface area contributed by atoms with E-state index in [0.29, 0.717) is 17.8 Å². The highest BCUT2D eigenvalue weighted by atomic mass is 16.2. The number of carbonyl (C=O) groups is 2. The molecule has 1 fully saturated rings. The maximum atomic E-state index is 13.1. The second-order valence-electron chi connectivity index (χ2n) is 6.75. The Bertz CT molecular complexity index is 752. The monoisotopic (exact) mass is 350 g/mol. The molecule has 1 saturated carbocycles. The molecule has 2 aromatic rings. The Kier molecular flexibility index (Phi) is 6.05. The molecule has 0 saturated heterocycles. The number of hydrogen-bond acceptors (Lipinski definition) is 2. The highest BCUT2D eigenvalue weighted by Crippen LogP contribution is 2.27. The van der Waals surface area contributed by atoms with E-state index in [1.807, 2.05) is 55.5 Å². The van der Waals surface area contributed by atoms with Crippen molar-refractivity contribution in [2.24, 2.45) is 5.92 Å². The third-order valence-electron chi connectivity index (χ3n) is 5.02. The number of amides is 2. The van der Waals surface area contributed by atoms with Crippen LogP contribution in [0.3, 0.4) is 0 Å². The first-order chi connectivity index (χ1) is 12.7. The number of anilines is 2. The Balaban J connectivity index is 1.81. The van der Waals surface area contributed by atoms with Crippen LogP contribution in [0.2, 0.25) is 0 Å². The predicted octanol–water partition coefficient (Wildman–Crippen LogP) is 4.87. The summed E-state index contributed by atoms with van der Waals surface area (Å²) < 4.78 is 0. The van der Waals surface area contributed by atoms with Gasteiger partial charge in [0.05, 0.1) is 11.3 Å². The molecule has 3 rings (SSSR count). The zero-order valence-corrected chi connectivity index (χ0v) is 15.3. The van der Waals surface area contributed by atoms with E-state index in [1.54, 1.807) is 11.0 Å². The van der Waals surface area contributed by atoms with E-state index in [0.717, 1.165) is 31.4 Å². The number of carbonyl (C=O) groups excluding carboxylic acids is 2. The van der Waals surface area contributed by atoms with Crippen LogP contribution in [0.15, 0.2) is 54.6 Å². The quantitative estimate of drug-likeness (QED) is 0.836. The molecule has 0 atom stereocenters. The molecular formula is C22H26N2O2. The van der Waals surface area contributed by atoms with Gasteiger partial charge in [-0.1, -0.05) is 49.6 Å². The fraction of sp³-hybridized carbons (Fsp3) is 0.364. The van der Waals surface area contributed by atoms with Gasteiger partial charge < -0.3 is 10.2 Å². The zero-order chi connectivity index (χ0) is 18.4. The van der Waals surface area contributed by atoms with Crippen LogP contribution < -0.4 is 10.2 Å². The van der Waals surface area contributed by atoms with E-state index in [2.05, 4.69) is 5.32 Å². The zero-order valence-electron chi connectivity index (χ0n) is 15.3. The van der Waals surface area contributed by atoms with Crippen molar-refractivity contribution >= 4 is 23.2 Å². The minimum absolute atomic E-state index is 0.0349. The summed E-state index contributed by atoms with van der Waals surface area (Å²) in [5.74, 6) is -0.00531. The molecule has 0 unspecified atom stereocenters. The second-order valence-corrected chi connectivity index (χ2v) is 6.75. The van der Waals surface area contributed by atoms with Crippen LogP contribution in [0.25, 0.3) is 0 Å². The van der Waals surface area contributed by atoms with Gasteiger partial charge in [-0.2, -0.15) is 0 Å². The Morgan fingerprint density at radius 3 is 2.31 bits per heavy atom. The van der Waals surface area contributed by atoms with E-state index in [4.69, 9.17) is 0 Å². The normalized spacial score (nSPS) is 14.7. The van der Waals surface area contributed by atoms with Crippen LogP contribution in [0.5, 0.6) is 0 Å². The van der Waals surface area contributed by atoms with Crippen molar-refractivity contribution in [2.45, 2.75) is 39.0 Å². The molecule has 0 aliphatic heterocycles. The van der Waals surface area contributed by atoms with Crippen molar-refractivity contribution in [2.75, 3.05) is 16.8 Å². The Morgan fingerprint density at radius 1 is 0.962 bits per heavy atom. The standard InChI is InChI=1S/C22H26N2O2/c1-2-24(18-13-7-4-8-14-18)22(26)19-15-9-10-16-20(19)23-21(25)17-11-5-3-6-12-17/h4,7-10,13-17H,2-3,5-6,11-12H2,1H3,(H,23,25). The van der Waals surface area contributed by atoms with E-state index in [1.165, 1.54) is 6.42 Å². The average Bonchev–Trinajstić information content (AvgIpc) is 2.70. The predicted molar refractivity (Wildman–Crippen MR) is 105 cm³/mol. The van der Waals surface area contributed by atoms with Crippen LogP contribution in [-0.2, 0) is 4.79 Å². The van der Waals surface area contributed by atoms with Gasteiger partial charge in [0, 0.05) is 18.2 Å². The first-order valence-electron chi connectivity index (χ1n) is 9.47. The lowest BCUT2D eigenvalue weighted by Gasteiger charge is -2.24. The molecule has 0 spiro atoms. The van der Waals surface area contributed by atoms with Gasteiger partial charge in [0.15, 0.2) is 0 Å². The summed E-state index contributed by atoms with van der Waals surface area (Å²) in [5.41, 5.74) is 1.98. The van der Waals surface area contributed by atoms with Crippen molar-refractivity contribution in [3.8, 4) is 0 Å². The van der Waals surface area contributed by atoms with Crippen LogP contribution in [0.1, 0.15) is 49.4 Å². The minimum atomic E-state index is -0.0988. The molecule has 4 heteroatoms. The van der Waals surface area contributed by atoms with Gasteiger partial charge in [0.1, 0.15) is 0 Å². The van der Waals surface area contributed by atoms with Crippen molar-refractivity contribution in [1.82, 2.24) is 0 Å². The molecule has 1 aliphatic carbocycles. The Hall–Kier alpha value is -2.62. The molecule has 0 radical (unpaired) electrons. The van der Waals surface area contributed by atoms with E-state index < -0.39 is 0 Å². The van der Waals surface area contributed by atoms with E-state index in [9.17, 15) is 9.59 Å². The van der Waals surface area contributed by atoms with Gasteiger partial charge >= 0.3 is 0 Å². The van der Waals surface area contributed by atoms with Crippen LogP contribution in [0.4, 0.5) is 11.4 Å². The fourth-order valence-corrected chi connectivity index (χ4v) is 3.57. The van der Waals surface area contributed by atoms with Crippen LogP contribution in [0, 0.1) is 5.92 Å². The second kappa shape index (κ2) is 8.65. The highest BCUT2D eigenvalue weighted by Gasteiger charge is 2.24. The number of hydrogen-bond donors (Lipinski definition) is 1. The summed E-state index contributed by atoms with van der Waals surface area (Å²) in [4.78, 5) is 27.5. The lowest BCUT2D eigenvalue weighted by Crippen LogP contribution is -2.32. The summed E-state index contributed by atoms with van der Waals surface area (Å²) in [6.45, 7) is 2.52. The molecule has 1 aliphatic rings. The summed E-state index contributed by atoms with van der Waals surface area (Å²) >= 11 is 0.